The van der Waals surface area contributed by atoms with E-state index in [-0.39, 0.29) is 12.4 Å². The van der Waals surface area contributed by atoms with Gasteiger partial charge in [0.05, 0.1) is 12.2 Å². The van der Waals surface area contributed by atoms with Crippen LogP contribution in [0.5, 0.6) is 5.75 Å². The van der Waals surface area contributed by atoms with Gasteiger partial charge in [0.25, 0.3) is 0 Å². The molecular weight excluding hydrogens is 275 g/mol. The summed E-state index contributed by atoms with van der Waals surface area (Å²) >= 11 is 0. The molecule has 0 fully saturated rings. The monoisotopic (exact) mass is 294 g/mol. The molecule has 1 aromatic carbocycles. The molecule has 1 heterocycles. The third kappa shape index (κ3) is 4.54. The molecule has 0 radical (unpaired) electrons. The molecule has 1 atom stereocenters. The number of aliphatic hydroxyl groups excluding tert-OH is 1. The Morgan fingerprint density at radius 1 is 1.38 bits per heavy atom. The van der Waals surface area contributed by atoms with Crippen molar-refractivity contribution in [2.75, 3.05) is 13.2 Å². The minimum atomic E-state index is -0.748. The minimum absolute atomic E-state index is 0.0115. The van der Waals surface area contributed by atoms with Gasteiger partial charge in [0.15, 0.2) is 11.6 Å². The molecule has 0 bridgehead atoms. The van der Waals surface area contributed by atoms with Crippen LogP contribution in [0.25, 0.3) is 0 Å². The molecule has 6 heteroatoms. The molecule has 1 aromatic heterocycles. The van der Waals surface area contributed by atoms with Crippen LogP contribution >= 0.6 is 0 Å². The lowest BCUT2D eigenvalue weighted by Crippen LogP contribution is -2.31. The number of nitrogens with zero attached hydrogens (tertiary/aromatic N) is 1. The van der Waals surface area contributed by atoms with Gasteiger partial charge in [0.2, 0.25) is 5.89 Å². The van der Waals surface area contributed by atoms with E-state index >= 15 is 0 Å². The summed E-state index contributed by atoms with van der Waals surface area (Å²) < 4.78 is 23.9. The lowest BCUT2D eigenvalue weighted by molar-refractivity contribution is 0.103. The lowest BCUT2D eigenvalue weighted by atomic mass is 10.3. The zero-order chi connectivity index (χ0) is 15.2. The van der Waals surface area contributed by atoms with Crippen molar-refractivity contribution >= 4 is 0 Å². The first kappa shape index (κ1) is 15.5. The largest absolute Gasteiger partial charge is 0.488 e. The molecule has 2 rings (SSSR count). The van der Waals surface area contributed by atoms with Gasteiger partial charge >= 0.3 is 0 Å². The van der Waals surface area contributed by atoms with Crippen molar-refractivity contribution in [3.63, 3.8) is 0 Å². The number of para-hydroxylation sites is 1. The minimum Gasteiger partial charge on any atom is -0.488 e. The van der Waals surface area contributed by atoms with E-state index < -0.39 is 11.9 Å². The molecule has 0 amide bonds. The summed E-state index contributed by atoms with van der Waals surface area (Å²) in [5, 5.41) is 12.8. The van der Waals surface area contributed by atoms with E-state index in [0.717, 1.165) is 11.5 Å². The highest BCUT2D eigenvalue weighted by atomic mass is 19.1. The van der Waals surface area contributed by atoms with Crippen LogP contribution in [0, 0.1) is 19.7 Å². The second-order valence-electron chi connectivity index (χ2n) is 4.78. The Hall–Kier alpha value is -1.92. The summed E-state index contributed by atoms with van der Waals surface area (Å²) in [7, 11) is 0. The average Bonchev–Trinajstić information content (AvgIpc) is 2.77. The molecule has 0 aliphatic rings. The van der Waals surface area contributed by atoms with Crippen LogP contribution in [0.1, 0.15) is 17.3 Å². The molecule has 21 heavy (non-hydrogen) atoms. The molecule has 1 unspecified atom stereocenters. The van der Waals surface area contributed by atoms with E-state index in [1.165, 1.54) is 12.1 Å². The van der Waals surface area contributed by atoms with Crippen LogP contribution in [0.15, 0.2) is 28.7 Å². The molecule has 0 saturated carbocycles. The van der Waals surface area contributed by atoms with Crippen molar-refractivity contribution in [3.05, 3.63) is 47.4 Å². The van der Waals surface area contributed by atoms with Gasteiger partial charge in [-0.1, -0.05) is 12.1 Å². The number of ether oxygens (including phenoxy) is 1. The van der Waals surface area contributed by atoms with E-state index in [0.29, 0.717) is 19.0 Å². The van der Waals surface area contributed by atoms with Gasteiger partial charge in [0, 0.05) is 6.54 Å². The summed E-state index contributed by atoms with van der Waals surface area (Å²) in [6.45, 7) is 4.46. The molecule has 2 aromatic rings. The standard InChI is InChI=1S/C15H19FN2O3/c1-10-11(2)21-15(18-10)8-17-7-12(19)9-20-14-6-4-3-5-13(14)16/h3-6,12,17,19H,7-9H2,1-2H3. The van der Waals surface area contributed by atoms with Gasteiger partial charge in [-0.25, -0.2) is 9.37 Å². The fourth-order valence-electron chi connectivity index (χ4n) is 1.77. The zero-order valence-corrected chi connectivity index (χ0v) is 12.1. The predicted octanol–water partition coefficient (Wildman–Crippen LogP) is 1.96. The first-order valence-corrected chi connectivity index (χ1v) is 6.75. The van der Waals surface area contributed by atoms with Crippen LogP contribution < -0.4 is 10.1 Å². The third-order valence-electron chi connectivity index (χ3n) is 3.00. The van der Waals surface area contributed by atoms with E-state index in [4.69, 9.17) is 9.15 Å². The maximum Gasteiger partial charge on any atom is 0.208 e. The maximum absolute atomic E-state index is 13.3. The Labute approximate surface area is 122 Å². The molecule has 2 N–H and O–H groups in total. The van der Waals surface area contributed by atoms with Crippen LogP contribution in [0.2, 0.25) is 0 Å². The lowest BCUT2D eigenvalue weighted by Gasteiger charge is -2.13. The van der Waals surface area contributed by atoms with Crippen LogP contribution in [0.3, 0.4) is 0 Å². The summed E-state index contributed by atoms with van der Waals surface area (Å²) in [6.07, 6.45) is -0.748. The molecule has 0 aliphatic carbocycles. The van der Waals surface area contributed by atoms with Gasteiger partial charge in [-0.05, 0) is 26.0 Å². The molecule has 0 spiro atoms. The van der Waals surface area contributed by atoms with Crippen molar-refractivity contribution < 1.29 is 18.7 Å². The second-order valence-corrected chi connectivity index (χ2v) is 4.78. The van der Waals surface area contributed by atoms with Gasteiger partial charge in [-0.2, -0.15) is 0 Å². The Kier molecular flexibility index (Phi) is 5.30. The quantitative estimate of drug-likeness (QED) is 0.817. The number of aromatic nitrogens is 1. The first-order valence-electron chi connectivity index (χ1n) is 6.75. The predicted molar refractivity (Wildman–Crippen MR) is 75.6 cm³/mol. The van der Waals surface area contributed by atoms with E-state index in [9.17, 15) is 9.50 Å². The summed E-state index contributed by atoms with van der Waals surface area (Å²) in [5.41, 5.74) is 0.857. The number of aryl methyl sites for hydroxylation is 2. The summed E-state index contributed by atoms with van der Waals surface area (Å²) in [6, 6.07) is 6.10. The fraction of sp³-hybridized carbons (Fsp3) is 0.400. The number of halogens is 1. The van der Waals surface area contributed by atoms with Crippen molar-refractivity contribution in [2.45, 2.75) is 26.5 Å². The molecule has 0 aliphatic heterocycles. The topological polar surface area (TPSA) is 67.5 Å². The molecular formula is C15H19FN2O3. The van der Waals surface area contributed by atoms with Crippen LogP contribution in [0.4, 0.5) is 4.39 Å². The third-order valence-corrected chi connectivity index (χ3v) is 3.00. The van der Waals surface area contributed by atoms with Crippen molar-refractivity contribution in [1.29, 1.82) is 0 Å². The smallest absolute Gasteiger partial charge is 0.208 e. The number of nitrogens with one attached hydrogen (secondary N) is 1. The van der Waals surface area contributed by atoms with E-state index in [1.807, 2.05) is 13.8 Å². The SMILES string of the molecule is Cc1nc(CNCC(O)COc2ccccc2F)oc1C. The fourth-order valence-corrected chi connectivity index (χ4v) is 1.77. The van der Waals surface area contributed by atoms with Gasteiger partial charge < -0.3 is 19.6 Å². The number of hydrogen-bond donors (Lipinski definition) is 2. The van der Waals surface area contributed by atoms with Crippen LogP contribution in [-0.2, 0) is 6.54 Å². The number of rotatable bonds is 7. The normalized spacial score (nSPS) is 12.4. The number of oxazole rings is 1. The Balaban J connectivity index is 1.70. The first-order chi connectivity index (χ1) is 10.1. The number of aliphatic hydroxyl groups is 1. The van der Waals surface area contributed by atoms with Crippen LogP contribution in [-0.4, -0.2) is 29.3 Å². The Bertz CT molecular complexity index is 567. The maximum atomic E-state index is 13.3. The summed E-state index contributed by atoms with van der Waals surface area (Å²) in [5.74, 6) is 1.06. The van der Waals surface area contributed by atoms with Gasteiger partial charge in [-0.3, -0.25) is 0 Å². The Morgan fingerprint density at radius 2 is 2.14 bits per heavy atom. The molecule has 0 saturated heterocycles. The Morgan fingerprint density at radius 3 is 2.81 bits per heavy atom. The summed E-state index contributed by atoms with van der Waals surface area (Å²) in [4.78, 5) is 4.22. The van der Waals surface area contributed by atoms with Gasteiger partial charge in [0.1, 0.15) is 18.5 Å². The van der Waals surface area contributed by atoms with Gasteiger partial charge in [-0.15, -0.1) is 0 Å². The highest BCUT2D eigenvalue weighted by Crippen LogP contribution is 2.15. The van der Waals surface area contributed by atoms with E-state index in [1.54, 1.807) is 12.1 Å². The highest BCUT2D eigenvalue weighted by Gasteiger charge is 2.09. The zero-order valence-electron chi connectivity index (χ0n) is 12.1. The highest BCUT2D eigenvalue weighted by molar-refractivity contribution is 5.23. The van der Waals surface area contributed by atoms with Crippen molar-refractivity contribution in [3.8, 4) is 5.75 Å². The average molecular weight is 294 g/mol. The second kappa shape index (κ2) is 7.19. The van der Waals surface area contributed by atoms with Crippen molar-refractivity contribution in [1.82, 2.24) is 10.3 Å². The van der Waals surface area contributed by atoms with E-state index in [2.05, 4.69) is 10.3 Å². The molecule has 114 valence electrons. The number of benzene rings is 1. The molecule has 5 nitrogen and oxygen atoms in total. The number of hydrogen-bond acceptors (Lipinski definition) is 5. The van der Waals surface area contributed by atoms with Crippen molar-refractivity contribution in [2.24, 2.45) is 0 Å².